The van der Waals surface area contributed by atoms with Crippen molar-refractivity contribution in [3.63, 3.8) is 0 Å². The van der Waals surface area contributed by atoms with Gasteiger partial charge in [0.05, 0.1) is 0 Å². The predicted molar refractivity (Wildman–Crippen MR) is 243 cm³/mol. The first-order valence-electron chi connectivity index (χ1n) is 25.3. The highest BCUT2D eigenvalue weighted by Gasteiger charge is 2.19. The quantitative estimate of drug-likeness (QED) is 0.0346. The molecule has 0 aromatic heterocycles. The lowest BCUT2D eigenvalue weighted by Crippen LogP contribution is -2.30. The predicted octanol–water partition coefficient (Wildman–Crippen LogP) is 16.1. The Morgan fingerprint density at radius 1 is 0.351 bits per heavy atom. The number of carbonyl (C=O) groups excluding carboxylic acids is 3. The molecular formula is C51H98O6. The van der Waals surface area contributed by atoms with Crippen molar-refractivity contribution in [1.29, 1.82) is 0 Å². The highest BCUT2D eigenvalue weighted by Crippen LogP contribution is 2.18. The van der Waals surface area contributed by atoms with Crippen LogP contribution in [0.15, 0.2) is 0 Å². The standard InChI is InChI=1S/C51H98O6/c1-6-9-10-11-12-13-14-15-16-20-26-31-36-41-49(52)55-44-48(45-56-50(53)42-37-32-27-23-22-25-30-35-40-47(5)8-3)57-51(54)43-38-33-28-21-18-17-19-24-29-34-39-46(4)7-2/h46-48H,6-45H2,1-5H3/t46?,47?,48-/m1/s1. The molecule has 0 heterocycles. The maximum atomic E-state index is 12.8. The van der Waals surface area contributed by atoms with Gasteiger partial charge in [0.1, 0.15) is 13.2 Å². The van der Waals surface area contributed by atoms with Crippen molar-refractivity contribution in [2.75, 3.05) is 13.2 Å². The second-order valence-electron chi connectivity index (χ2n) is 17.9. The van der Waals surface area contributed by atoms with Crippen LogP contribution in [0.5, 0.6) is 0 Å². The SMILES string of the molecule is CCCCCCCCCCCCCCCC(=O)OC[C@H](COC(=O)CCCCCCCCCCC(C)CC)OC(=O)CCCCCCCCCCCCC(C)CC. The van der Waals surface area contributed by atoms with E-state index in [0.29, 0.717) is 19.3 Å². The summed E-state index contributed by atoms with van der Waals surface area (Å²) < 4.78 is 16.8. The van der Waals surface area contributed by atoms with Gasteiger partial charge in [-0.05, 0) is 31.1 Å². The highest BCUT2D eigenvalue weighted by atomic mass is 16.6. The van der Waals surface area contributed by atoms with Crippen LogP contribution in [0, 0.1) is 11.8 Å². The minimum absolute atomic E-state index is 0.0642. The topological polar surface area (TPSA) is 78.9 Å². The fraction of sp³-hybridized carbons (Fsp3) is 0.941. The second-order valence-corrected chi connectivity index (χ2v) is 17.9. The molecule has 2 unspecified atom stereocenters. The molecule has 0 N–H and O–H groups in total. The number of hydrogen-bond acceptors (Lipinski definition) is 6. The lowest BCUT2D eigenvalue weighted by atomic mass is 9.99. The highest BCUT2D eigenvalue weighted by molar-refractivity contribution is 5.71. The van der Waals surface area contributed by atoms with Crippen LogP contribution < -0.4 is 0 Å². The number of hydrogen-bond donors (Lipinski definition) is 0. The van der Waals surface area contributed by atoms with E-state index in [4.69, 9.17) is 14.2 Å². The van der Waals surface area contributed by atoms with E-state index in [1.165, 1.54) is 167 Å². The summed E-state index contributed by atoms with van der Waals surface area (Å²) in [5.74, 6) is 0.864. The largest absolute Gasteiger partial charge is 0.462 e. The summed E-state index contributed by atoms with van der Waals surface area (Å²) in [4.78, 5) is 37.9. The van der Waals surface area contributed by atoms with Crippen molar-refractivity contribution in [1.82, 2.24) is 0 Å². The number of ether oxygens (including phenoxy) is 3. The van der Waals surface area contributed by atoms with E-state index in [1.54, 1.807) is 0 Å². The smallest absolute Gasteiger partial charge is 0.306 e. The Labute approximate surface area is 355 Å². The van der Waals surface area contributed by atoms with Gasteiger partial charge in [-0.2, -0.15) is 0 Å². The van der Waals surface area contributed by atoms with Gasteiger partial charge in [0.15, 0.2) is 6.10 Å². The van der Waals surface area contributed by atoms with E-state index >= 15 is 0 Å². The van der Waals surface area contributed by atoms with E-state index in [9.17, 15) is 14.4 Å². The van der Waals surface area contributed by atoms with Crippen LogP contribution in [-0.4, -0.2) is 37.2 Å². The Kier molecular flexibility index (Phi) is 42.7. The summed E-state index contributed by atoms with van der Waals surface area (Å²) in [6.45, 7) is 11.4. The van der Waals surface area contributed by atoms with Gasteiger partial charge in [-0.25, -0.2) is 0 Å². The van der Waals surface area contributed by atoms with Crippen LogP contribution in [0.2, 0.25) is 0 Å². The molecule has 3 atom stereocenters. The number of esters is 3. The van der Waals surface area contributed by atoms with Crippen molar-refractivity contribution >= 4 is 17.9 Å². The van der Waals surface area contributed by atoms with Crippen molar-refractivity contribution in [2.24, 2.45) is 11.8 Å². The molecule has 0 spiro atoms. The summed E-state index contributed by atoms with van der Waals surface area (Å²) in [5, 5.41) is 0. The van der Waals surface area contributed by atoms with Gasteiger partial charge in [0, 0.05) is 19.3 Å². The van der Waals surface area contributed by atoms with Gasteiger partial charge >= 0.3 is 17.9 Å². The molecule has 0 aromatic rings. The zero-order valence-corrected chi connectivity index (χ0v) is 39.0. The minimum Gasteiger partial charge on any atom is -0.462 e. The maximum absolute atomic E-state index is 12.8. The van der Waals surface area contributed by atoms with Crippen LogP contribution in [0.3, 0.4) is 0 Å². The Bertz CT molecular complexity index is 874. The van der Waals surface area contributed by atoms with Crippen LogP contribution in [0.25, 0.3) is 0 Å². The third kappa shape index (κ3) is 42.3. The van der Waals surface area contributed by atoms with Crippen LogP contribution in [0.4, 0.5) is 0 Å². The molecule has 0 saturated carbocycles. The van der Waals surface area contributed by atoms with E-state index in [2.05, 4.69) is 34.6 Å². The minimum atomic E-state index is -0.762. The summed E-state index contributed by atoms with van der Waals surface area (Å²) in [5.41, 5.74) is 0. The average Bonchev–Trinajstić information content (AvgIpc) is 3.21. The van der Waals surface area contributed by atoms with Crippen molar-refractivity contribution in [2.45, 2.75) is 285 Å². The Balaban J connectivity index is 4.34. The molecule has 0 amide bonds. The fourth-order valence-corrected chi connectivity index (χ4v) is 7.57. The second kappa shape index (κ2) is 44.0. The molecule has 0 radical (unpaired) electrons. The molecule has 0 saturated heterocycles. The lowest BCUT2D eigenvalue weighted by Gasteiger charge is -2.18. The van der Waals surface area contributed by atoms with Gasteiger partial charge in [-0.1, -0.05) is 240 Å². The average molecular weight is 807 g/mol. The molecule has 0 fully saturated rings. The molecule has 0 aromatic carbocycles. The van der Waals surface area contributed by atoms with E-state index < -0.39 is 6.10 Å². The van der Waals surface area contributed by atoms with Gasteiger partial charge in [-0.3, -0.25) is 14.4 Å². The molecular weight excluding hydrogens is 709 g/mol. The van der Waals surface area contributed by atoms with Crippen molar-refractivity contribution in [3.8, 4) is 0 Å². The molecule has 6 heteroatoms. The number of unbranched alkanes of at least 4 members (excludes halogenated alkanes) is 28. The Morgan fingerprint density at radius 3 is 0.912 bits per heavy atom. The first kappa shape index (κ1) is 55.4. The Hall–Kier alpha value is -1.59. The van der Waals surface area contributed by atoms with Gasteiger partial charge in [-0.15, -0.1) is 0 Å². The van der Waals surface area contributed by atoms with Crippen LogP contribution in [-0.2, 0) is 28.6 Å². The molecule has 0 aliphatic heterocycles. The molecule has 6 nitrogen and oxygen atoms in total. The molecule has 0 bridgehead atoms. The third-order valence-corrected chi connectivity index (χ3v) is 12.2. The lowest BCUT2D eigenvalue weighted by molar-refractivity contribution is -0.167. The van der Waals surface area contributed by atoms with Crippen LogP contribution >= 0.6 is 0 Å². The fourth-order valence-electron chi connectivity index (χ4n) is 7.57. The zero-order chi connectivity index (χ0) is 41.9. The zero-order valence-electron chi connectivity index (χ0n) is 39.0. The summed E-state index contributed by atoms with van der Waals surface area (Å²) in [6, 6.07) is 0. The number of carbonyl (C=O) groups is 3. The Morgan fingerprint density at radius 2 is 0.614 bits per heavy atom. The normalized spacial score (nSPS) is 13.0. The third-order valence-electron chi connectivity index (χ3n) is 12.2. The first-order valence-corrected chi connectivity index (χ1v) is 25.3. The summed E-state index contributed by atoms with van der Waals surface area (Å²) in [6.07, 6.45) is 43.6. The van der Waals surface area contributed by atoms with Gasteiger partial charge in [0.25, 0.3) is 0 Å². The van der Waals surface area contributed by atoms with Gasteiger partial charge in [0.2, 0.25) is 0 Å². The number of rotatable bonds is 45. The van der Waals surface area contributed by atoms with Crippen LogP contribution in [0.1, 0.15) is 279 Å². The van der Waals surface area contributed by atoms with Crippen molar-refractivity contribution < 1.29 is 28.6 Å². The summed E-state index contributed by atoms with van der Waals surface area (Å²) in [7, 11) is 0. The molecule has 57 heavy (non-hydrogen) atoms. The monoisotopic (exact) mass is 807 g/mol. The van der Waals surface area contributed by atoms with E-state index in [1.807, 2.05) is 0 Å². The maximum Gasteiger partial charge on any atom is 0.306 e. The van der Waals surface area contributed by atoms with Gasteiger partial charge < -0.3 is 14.2 Å². The van der Waals surface area contributed by atoms with Crippen molar-refractivity contribution in [3.05, 3.63) is 0 Å². The molecule has 338 valence electrons. The molecule has 0 rings (SSSR count). The van der Waals surface area contributed by atoms with E-state index in [0.717, 1.165) is 69.6 Å². The summed E-state index contributed by atoms with van der Waals surface area (Å²) >= 11 is 0. The molecule has 0 aliphatic carbocycles. The van der Waals surface area contributed by atoms with E-state index in [-0.39, 0.29) is 31.1 Å². The molecule has 0 aliphatic rings. The first-order chi connectivity index (χ1) is 27.8.